The van der Waals surface area contributed by atoms with E-state index in [1.165, 1.54) is 30.3 Å². The van der Waals surface area contributed by atoms with Crippen LogP contribution in [0.25, 0.3) is 11.0 Å². The highest BCUT2D eigenvalue weighted by Gasteiger charge is 2.21. The predicted molar refractivity (Wildman–Crippen MR) is 76.6 cm³/mol. The molecule has 0 unspecified atom stereocenters. The minimum absolute atomic E-state index is 0.0775. The number of benzene rings is 2. The number of aromatic nitrogens is 3. The molecule has 0 N–H and O–H groups in total. The first-order valence-electron chi connectivity index (χ1n) is 5.50. The minimum Gasteiger partial charge on any atom is -0.199 e. The van der Waals surface area contributed by atoms with Gasteiger partial charge in [0.1, 0.15) is 11.0 Å². The van der Waals surface area contributed by atoms with Crippen LogP contribution < -0.4 is 0 Å². The second kappa shape index (κ2) is 4.73. The Kier molecular flexibility index (Phi) is 3.16. The first kappa shape index (κ1) is 13.4. The number of hydrogen-bond donors (Lipinski definition) is 0. The van der Waals surface area contributed by atoms with Crippen molar-refractivity contribution >= 4 is 44.3 Å². The van der Waals surface area contributed by atoms with Crippen molar-refractivity contribution < 1.29 is 8.42 Å². The third-order valence-electron chi connectivity index (χ3n) is 2.72. The van der Waals surface area contributed by atoms with Crippen molar-refractivity contribution in [3.8, 4) is 0 Å². The second-order valence-electron chi connectivity index (χ2n) is 4.02. The maximum absolute atomic E-state index is 12.5. The number of fused-ring (bicyclic) bond motifs is 1. The molecule has 3 aromatic rings. The number of halogens is 2. The van der Waals surface area contributed by atoms with Crippen LogP contribution in [0.5, 0.6) is 0 Å². The normalized spacial score (nSPS) is 11.9. The second-order valence-corrected chi connectivity index (χ2v) is 6.66. The van der Waals surface area contributed by atoms with E-state index in [0.717, 1.165) is 4.09 Å². The van der Waals surface area contributed by atoms with Gasteiger partial charge >= 0.3 is 0 Å². The standard InChI is InChI=1S/C12H7Cl2N3O2S/c13-8-1-4-10(5-2-8)20(18,19)17-12-7-9(14)3-6-11(12)15-16-17/h1-7H. The SMILES string of the molecule is O=S(=O)(c1ccc(Cl)cc1)n1nnc2ccc(Cl)cc21. The van der Waals surface area contributed by atoms with Gasteiger partial charge < -0.3 is 0 Å². The first-order valence-corrected chi connectivity index (χ1v) is 7.70. The lowest BCUT2D eigenvalue weighted by molar-refractivity contribution is 0.579. The highest BCUT2D eigenvalue weighted by Crippen LogP contribution is 2.22. The Balaban J connectivity index is 2.23. The molecule has 1 heterocycles. The van der Waals surface area contributed by atoms with Gasteiger partial charge in [-0.2, -0.15) is 8.42 Å². The molecule has 0 bridgehead atoms. The third kappa shape index (κ3) is 2.15. The van der Waals surface area contributed by atoms with Gasteiger partial charge in [0.25, 0.3) is 10.0 Å². The smallest absolute Gasteiger partial charge is 0.199 e. The van der Waals surface area contributed by atoms with Crippen molar-refractivity contribution in [2.24, 2.45) is 0 Å². The molecule has 3 rings (SSSR count). The molecule has 1 aromatic heterocycles. The quantitative estimate of drug-likeness (QED) is 0.725. The molecule has 2 aromatic carbocycles. The molecule has 0 radical (unpaired) electrons. The molecule has 0 amide bonds. The summed E-state index contributed by atoms with van der Waals surface area (Å²) in [7, 11) is -3.83. The lowest BCUT2D eigenvalue weighted by atomic mass is 10.3. The molecule has 0 spiro atoms. The Labute approximate surface area is 124 Å². The Morgan fingerprint density at radius 1 is 0.950 bits per heavy atom. The van der Waals surface area contributed by atoms with Crippen molar-refractivity contribution in [1.29, 1.82) is 0 Å². The lowest BCUT2D eigenvalue weighted by Crippen LogP contribution is -2.14. The van der Waals surface area contributed by atoms with Gasteiger partial charge in [-0.3, -0.25) is 0 Å². The Bertz CT molecular complexity index is 889. The molecule has 0 aliphatic heterocycles. The largest absolute Gasteiger partial charge is 0.284 e. The molecule has 5 nitrogen and oxygen atoms in total. The van der Waals surface area contributed by atoms with E-state index in [9.17, 15) is 8.42 Å². The third-order valence-corrected chi connectivity index (χ3v) is 4.80. The molecule has 20 heavy (non-hydrogen) atoms. The maximum Gasteiger partial charge on any atom is 0.284 e. The maximum atomic E-state index is 12.5. The fraction of sp³-hybridized carbons (Fsp3) is 0. The van der Waals surface area contributed by atoms with Gasteiger partial charge in [0.15, 0.2) is 0 Å². The minimum atomic E-state index is -3.83. The van der Waals surface area contributed by atoms with E-state index in [4.69, 9.17) is 23.2 Å². The van der Waals surface area contributed by atoms with E-state index in [1.54, 1.807) is 12.1 Å². The zero-order valence-corrected chi connectivity index (χ0v) is 12.2. The van der Waals surface area contributed by atoms with Crippen LogP contribution in [0.3, 0.4) is 0 Å². The molecule has 0 atom stereocenters. The predicted octanol–water partition coefficient (Wildman–Crippen LogP) is 2.98. The van der Waals surface area contributed by atoms with Gasteiger partial charge in [-0.05, 0) is 42.5 Å². The lowest BCUT2D eigenvalue weighted by Gasteiger charge is -2.04. The highest BCUT2D eigenvalue weighted by atomic mass is 35.5. The Hall–Kier alpha value is -1.63. The summed E-state index contributed by atoms with van der Waals surface area (Å²) in [5, 5.41) is 8.38. The van der Waals surface area contributed by atoms with Crippen LogP contribution in [-0.2, 0) is 10.0 Å². The van der Waals surface area contributed by atoms with Crippen molar-refractivity contribution in [2.45, 2.75) is 4.90 Å². The van der Waals surface area contributed by atoms with Crippen LogP contribution in [0.4, 0.5) is 0 Å². The van der Waals surface area contributed by atoms with E-state index in [0.29, 0.717) is 21.1 Å². The molecule has 0 saturated heterocycles. The summed E-state index contributed by atoms with van der Waals surface area (Å²) >= 11 is 11.6. The Morgan fingerprint density at radius 2 is 1.60 bits per heavy atom. The molecule has 0 fully saturated rings. The molecule has 0 aliphatic rings. The van der Waals surface area contributed by atoms with Gasteiger partial charge in [-0.25, -0.2) is 0 Å². The summed E-state index contributed by atoms with van der Waals surface area (Å²) in [6.45, 7) is 0. The van der Waals surface area contributed by atoms with Crippen LogP contribution in [0.2, 0.25) is 10.0 Å². The van der Waals surface area contributed by atoms with E-state index in [-0.39, 0.29) is 4.90 Å². The zero-order chi connectivity index (χ0) is 14.3. The number of nitrogens with zero attached hydrogens (tertiary/aromatic N) is 3. The average molecular weight is 328 g/mol. The molecular weight excluding hydrogens is 321 g/mol. The summed E-state index contributed by atoms with van der Waals surface area (Å²) < 4.78 is 25.9. The van der Waals surface area contributed by atoms with Gasteiger partial charge in [-0.1, -0.05) is 28.4 Å². The Morgan fingerprint density at radius 3 is 2.30 bits per heavy atom. The van der Waals surface area contributed by atoms with Crippen LogP contribution in [0.1, 0.15) is 0 Å². The number of rotatable bonds is 2. The van der Waals surface area contributed by atoms with E-state index in [2.05, 4.69) is 10.3 Å². The van der Waals surface area contributed by atoms with Gasteiger partial charge in [0, 0.05) is 10.0 Å². The van der Waals surface area contributed by atoms with Crippen LogP contribution in [0.15, 0.2) is 47.4 Å². The van der Waals surface area contributed by atoms with E-state index < -0.39 is 10.0 Å². The summed E-state index contributed by atoms with van der Waals surface area (Å²) in [6.07, 6.45) is 0. The van der Waals surface area contributed by atoms with E-state index in [1.807, 2.05) is 0 Å². The summed E-state index contributed by atoms with van der Waals surface area (Å²) in [6, 6.07) is 10.6. The van der Waals surface area contributed by atoms with Crippen molar-refractivity contribution in [3.05, 3.63) is 52.5 Å². The van der Waals surface area contributed by atoms with Crippen LogP contribution in [-0.4, -0.2) is 22.8 Å². The zero-order valence-electron chi connectivity index (χ0n) is 9.86. The van der Waals surface area contributed by atoms with Crippen molar-refractivity contribution in [3.63, 3.8) is 0 Å². The fourth-order valence-corrected chi connectivity index (χ4v) is 3.27. The molecule has 0 aliphatic carbocycles. The first-order chi connectivity index (χ1) is 9.48. The molecule has 8 heteroatoms. The van der Waals surface area contributed by atoms with Gasteiger partial charge in [0.05, 0.1) is 4.90 Å². The van der Waals surface area contributed by atoms with Crippen molar-refractivity contribution in [2.75, 3.05) is 0 Å². The summed E-state index contributed by atoms with van der Waals surface area (Å²) in [5.41, 5.74) is 0.777. The molecule has 0 saturated carbocycles. The molecular formula is C12H7Cl2N3O2S. The topological polar surface area (TPSA) is 64.8 Å². The van der Waals surface area contributed by atoms with Crippen LogP contribution in [0, 0.1) is 0 Å². The molecule has 102 valence electrons. The van der Waals surface area contributed by atoms with Crippen LogP contribution >= 0.6 is 23.2 Å². The monoisotopic (exact) mass is 327 g/mol. The number of hydrogen-bond acceptors (Lipinski definition) is 4. The van der Waals surface area contributed by atoms with Crippen molar-refractivity contribution in [1.82, 2.24) is 14.4 Å². The van der Waals surface area contributed by atoms with Gasteiger partial charge in [0.2, 0.25) is 0 Å². The summed E-state index contributed by atoms with van der Waals surface area (Å²) in [4.78, 5) is 0.0775. The summed E-state index contributed by atoms with van der Waals surface area (Å²) in [5.74, 6) is 0. The average Bonchev–Trinajstić information content (AvgIpc) is 2.82. The van der Waals surface area contributed by atoms with E-state index >= 15 is 0 Å². The fourth-order valence-electron chi connectivity index (χ4n) is 1.76. The highest BCUT2D eigenvalue weighted by molar-refractivity contribution is 7.90. The van der Waals surface area contributed by atoms with Gasteiger partial charge in [-0.15, -0.1) is 9.19 Å².